The lowest BCUT2D eigenvalue weighted by Gasteiger charge is -2.13. The number of hydrogen-bond acceptors (Lipinski definition) is 4. The van der Waals surface area contributed by atoms with Crippen molar-refractivity contribution < 1.29 is 0 Å². The SMILES string of the molecule is Cn1cncc1-c1nc(C(C)(C)C)sc1N. The molecule has 0 aromatic carbocycles. The predicted molar refractivity (Wildman–Crippen MR) is 67.4 cm³/mol. The van der Waals surface area contributed by atoms with E-state index in [9.17, 15) is 0 Å². The number of thiazole rings is 1. The molecule has 0 atom stereocenters. The zero-order valence-corrected chi connectivity index (χ0v) is 10.8. The van der Waals surface area contributed by atoms with Crippen LogP contribution in [0.3, 0.4) is 0 Å². The summed E-state index contributed by atoms with van der Waals surface area (Å²) in [6, 6.07) is 0. The molecule has 4 nitrogen and oxygen atoms in total. The highest BCUT2D eigenvalue weighted by Gasteiger charge is 2.22. The van der Waals surface area contributed by atoms with E-state index < -0.39 is 0 Å². The van der Waals surface area contributed by atoms with Crippen LogP contribution in [0.1, 0.15) is 25.8 Å². The highest BCUT2D eigenvalue weighted by molar-refractivity contribution is 7.16. The molecule has 0 amide bonds. The maximum absolute atomic E-state index is 6.01. The Labute approximate surface area is 99.2 Å². The van der Waals surface area contributed by atoms with Gasteiger partial charge in [0.2, 0.25) is 0 Å². The van der Waals surface area contributed by atoms with E-state index in [0.29, 0.717) is 0 Å². The average Bonchev–Trinajstić information content (AvgIpc) is 2.70. The van der Waals surface area contributed by atoms with Gasteiger partial charge in [0, 0.05) is 12.5 Å². The van der Waals surface area contributed by atoms with Crippen LogP contribution in [0.25, 0.3) is 11.4 Å². The first-order chi connectivity index (χ1) is 7.39. The van der Waals surface area contributed by atoms with Crippen molar-refractivity contribution in [3.05, 3.63) is 17.5 Å². The van der Waals surface area contributed by atoms with Gasteiger partial charge in [0.25, 0.3) is 0 Å². The summed E-state index contributed by atoms with van der Waals surface area (Å²) >= 11 is 1.55. The summed E-state index contributed by atoms with van der Waals surface area (Å²) in [7, 11) is 1.94. The molecular weight excluding hydrogens is 220 g/mol. The molecule has 0 spiro atoms. The average molecular weight is 236 g/mol. The lowest BCUT2D eigenvalue weighted by atomic mass is 9.98. The van der Waals surface area contributed by atoms with Crippen LogP contribution in [0.5, 0.6) is 0 Å². The number of rotatable bonds is 1. The van der Waals surface area contributed by atoms with E-state index >= 15 is 0 Å². The minimum absolute atomic E-state index is 0.0373. The molecule has 0 aliphatic carbocycles. The third-order valence-electron chi connectivity index (χ3n) is 2.35. The highest BCUT2D eigenvalue weighted by Crippen LogP contribution is 2.35. The number of aromatic nitrogens is 3. The van der Waals surface area contributed by atoms with Gasteiger partial charge >= 0.3 is 0 Å². The molecule has 2 aromatic rings. The van der Waals surface area contributed by atoms with Gasteiger partial charge in [-0.05, 0) is 0 Å². The third kappa shape index (κ3) is 1.82. The van der Waals surface area contributed by atoms with E-state index in [0.717, 1.165) is 21.4 Å². The summed E-state index contributed by atoms with van der Waals surface area (Å²) in [5.74, 6) is 0. The Morgan fingerprint density at radius 3 is 2.50 bits per heavy atom. The first-order valence-electron chi connectivity index (χ1n) is 5.13. The zero-order valence-electron chi connectivity index (χ0n) is 9.98. The summed E-state index contributed by atoms with van der Waals surface area (Å²) in [6.45, 7) is 6.41. The Bertz CT molecular complexity index is 504. The standard InChI is InChI=1S/C11H16N4S/c1-11(2,3)10-14-8(9(12)16-10)7-5-13-6-15(7)4/h5-6H,12H2,1-4H3. The molecule has 0 unspecified atom stereocenters. The van der Waals surface area contributed by atoms with Gasteiger partial charge in [-0.2, -0.15) is 0 Å². The van der Waals surface area contributed by atoms with Crippen molar-refractivity contribution in [3.63, 3.8) is 0 Å². The van der Waals surface area contributed by atoms with Crippen LogP contribution in [-0.2, 0) is 12.5 Å². The van der Waals surface area contributed by atoms with Gasteiger partial charge in [0.05, 0.1) is 18.2 Å². The van der Waals surface area contributed by atoms with Gasteiger partial charge in [0.15, 0.2) is 0 Å². The van der Waals surface area contributed by atoms with E-state index in [1.807, 2.05) is 11.6 Å². The minimum Gasteiger partial charge on any atom is -0.389 e. The number of nitrogen functional groups attached to an aromatic ring is 1. The van der Waals surface area contributed by atoms with Gasteiger partial charge in [0.1, 0.15) is 15.7 Å². The van der Waals surface area contributed by atoms with E-state index in [4.69, 9.17) is 5.73 Å². The summed E-state index contributed by atoms with van der Waals surface area (Å²) < 4.78 is 1.93. The number of aryl methyl sites for hydroxylation is 1. The molecule has 2 N–H and O–H groups in total. The smallest absolute Gasteiger partial charge is 0.123 e. The first kappa shape index (κ1) is 11.1. The fourth-order valence-corrected chi connectivity index (χ4v) is 2.32. The lowest BCUT2D eigenvalue weighted by molar-refractivity contribution is 0.586. The second kappa shape index (κ2) is 3.59. The van der Waals surface area contributed by atoms with Crippen molar-refractivity contribution in [2.24, 2.45) is 7.05 Å². The summed E-state index contributed by atoms with van der Waals surface area (Å²) in [5, 5.41) is 1.81. The van der Waals surface area contributed by atoms with Crippen LogP contribution in [0.15, 0.2) is 12.5 Å². The second-order valence-corrected chi connectivity index (χ2v) is 5.90. The van der Waals surface area contributed by atoms with Gasteiger partial charge in [-0.25, -0.2) is 9.97 Å². The minimum atomic E-state index is 0.0373. The van der Waals surface area contributed by atoms with Crippen LogP contribution in [0, 0.1) is 0 Å². The Kier molecular flexibility index (Phi) is 2.50. The third-order valence-corrected chi connectivity index (χ3v) is 3.66. The van der Waals surface area contributed by atoms with E-state index in [-0.39, 0.29) is 5.41 Å². The number of hydrogen-bond donors (Lipinski definition) is 1. The fraction of sp³-hybridized carbons (Fsp3) is 0.455. The topological polar surface area (TPSA) is 56.7 Å². The van der Waals surface area contributed by atoms with Gasteiger partial charge in [-0.15, -0.1) is 11.3 Å². The molecule has 2 rings (SSSR count). The Hall–Kier alpha value is -1.36. The highest BCUT2D eigenvalue weighted by atomic mass is 32.1. The van der Waals surface area contributed by atoms with Gasteiger partial charge in [-0.3, -0.25) is 0 Å². The quantitative estimate of drug-likeness (QED) is 0.827. The lowest BCUT2D eigenvalue weighted by Crippen LogP contribution is -2.10. The summed E-state index contributed by atoms with van der Waals surface area (Å²) in [6.07, 6.45) is 3.54. The Morgan fingerprint density at radius 1 is 1.38 bits per heavy atom. The monoisotopic (exact) mass is 236 g/mol. The summed E-state index contributed by atoms with van der Waals surface area (Å²) in [5.41, 5.74) is 7.86. The molecule has 0 aliphatic heterocycles. The number of nitrogens with zero attached hydrogens (tertiary/aromatic N) is 3. The van der Waals surface area contributed by atoms with Crippen molar-refractivity contribution in [2.75, 3.05) is 5.73 Å². The molecule has 2 aromatic heterocycles. The molecule has 5 heteroatoms. The molecule has 2 heterocycles. The normalized spacial score (nSPS) is 12.0. The molecule has 0 saturated heterocycles. The van der Waals surface area contributed by atoms with Crippen molar-refractivity contribution in [1.29, 1.82) is 0 Å². The Balaban J connectivity index is 2.52. The predicted octanol–water partition coefficient (Wildman–Crippen LogP) is 2.42. The molecule has 0 radical (unpaired) electrons. The molecule has 86 valence electrons. The molecule has 16 heavy (non-hydrogen) atoms. The van der Waals surface area contributed by atoms with Crippen LogP contribution < -0.4 is 5.73 Å². The fourth-order valence-electron chi connectivity index (χ4n) is 1.42. The van der Waals surface area contributed by atoms with E-state index in [1.54, 1.807) is 23.9 Å². The van der Waals surface area contributed by atoms with E-state index in [2.05, 4.69) is 30.7 Å². The van der Waals surface area contributed by atoms with Crippen LogP contribution in [0.2, 0.25) is 0 Å². The molecule has 0 aliphatic rings. The van der Waals surface area contributed by atoms with E-state index in [1.165, 1.54) is 0 Å². The van der Waals surface area contributed by atoms with Gasteiger partial charge in [-0.1, -0.05) is 20.8 Å². The maximum atomic E-state index is 6.01. The van der Waals surface area contributed by atoms with Crippen LogP contribution in [0.4, 0.5) is 5.00 Å². The molecule has 0 fully saturated rings. The van der Waals surface area contributed by atoms with Crippen molar-refractivity contribution in [3.8, 4) is 11.4 Å². The van der Waals surface area contributed by atoms with Crippen molar-refractivity contribution >= 4 is 16.3 Å². The van der Waals surface area contributed by atoms with Crippen molar-refractivity contribution in [1.82, 2.24) is 14.5 Å². The largest absolute Gasteiger partial charge is 0.389 e. The van der Waals surface area contributed by atoms with Gasteiger partial charge < -0.3 is 10.3 Å². The maximum Gasteiger partial charge on any atom is 0.123 e. The first-order valence-corrected chi connectivity index (χ1v) is 5.94. The zero-order chi connectivity index (χ0) is 11.9. The Morgan fingerprint density at radius 2 is 2.06 bits per heavy atom. The molecule has 0 bridgehead atoms. The van der Waals surface area contributed by atoms with Crippen LogP contribution >= 0.6 is 11.3 Å². The number of nitrogens with two attached hydrogens (primary N) is 1. The van der Waals surface area contributed by atoms with Crippen LogP contribution in [-0.4, -0.2) is 14.5 Å². The van der Waals surface area contributed by atoms with Crippen molar-refractivity contribution in [2.45, 2.75) is 26.2 Å². The number of anilines is 1. The molecular formula is C11H16N4S. The summed E-state index contributed by atoms with van der Waals surface area (Å²) in [4.78, 5) is 8.70. The number of imidazole rings is 1. The second-order valence-electron chi connectivity index (χ2n) is 4.87. The molecule has 0 saturated carbocycles.